The SMILES string of the molecule is Cc1cc(C)c(C2c3ccccc3-c3ccc(C(C)(C)C)cc32)c(C)c1. The van der Waals surface area contributed by atoms with Crippen LogP contribution in [0.3, 0.4) is 0 Å². The smallest absolute Gasteiger partial charge is 0.0357 e. The van der Waals surface area contributed by atoms with Crippen LogP contribution in [-0.2, 0) is 5.41 Å². The molecule has 0 fully saturated rings. The Morgan fingerprint density at radius 3 is 1.96 bits per heavy atom. The molecule has 1 unspecified atom stereocenters. The van der Waals surface area contributed by atoms with Gasteiger partial charge in [0.2, 0.25) is 0 Å². The summed E-state index contributed by atoms with van der Waals surface area (Å²) in [7, 11) is 0. The van der Waals surface area contributed by atoms with Crippen LogP contribution in [0.25, 0.3) is 11.1 Å². The molecule has 0 heterocycles. The molecule has 0 nitrogen and oxygen atoms in total. The molecule has 4 rings (SSSR count). The molecule has 0 heteroatoms. The molecule has 0 bridgehead atoms. The van der Waals surface area contributed by atoms with Crippen LogP contribution in [0, 0.1) is 20.8 Å². The van der Waals surface area contributed by atoms with Gasteiger partial charge in [0.25, 0.3) is 0 Å². The Balaban J connectivity index is 2.02. The van der Waals surface area contributed by atoms with Crippen LogP contribution >= 0.6 is 0 Å². The third kappa shape index (κ3) is 2.60. The van der Waals surface area contributed by atoms with Crippen LogP contribution in [0.2, 0.25) is 0 Å². The summed E-state index contributed by atoms with van der Waals surface area (Å²) in [4.78, 5) is 0. The lowest BCUT2D eigenvalue weighted by Crippen LogP contribution is -2.12. The van der Waals surface area contributed by atoms with Crippen molar-refractivity contribution in [1.29, 1.82) is 0 Å². The van der Waals surface area contributed by atoms with Crippen LogP contribution in [-0.4, -0.2) is 0 Å². The minimum atomic E-state index is 0.158. The van der Waals surface area contributed by atoms with Crippen molar-refractivity contribution in [1.82, 2.24) is 0 Å². The maximum absolute atomic E-state index is 2.46. The van der Waals surface area contributed by atoms with Crippen molar-refractivity contribution in [2.24, 2.45) is 0 Å². The monoisotopic (exact) mass is 340 g/mol. The molecule has 1 atom stereocenters. The molecule has 0 aromatic heterocycles. The van der Waals surface area contributed by atoms with E-state index in [1.54, 1.807) is 0 Å². The van der Waals surface area contributed by atoms with E-state index in [-0.39, 0.29) is 5.41 Å². The van der Waals surface area contributed by atoms with Crippen LogP contribution in [0.4, 0.5) is 0 Å². The second-order valence-electron chi connectivity index (χ2n) is 8.88. The molecule has 0 N–H and O–H groups in total. The number of rotatable bonds is 1. The molecule has 26 heavy (non-hydrogen) atoms. The van der Waals surface area contributed by atoms with Crippen molar-refractivity contribution in [2.45, 2.75) is 52.9 Å². The highest BCUT2D eigenvalue weighted by atomic mass is 14.4. The van der Waals surface area contributed by atoms with Crippen molar-refractivity contribution in [3.05, 3.63) is 93.5 Å². The minimum Gasteiger partial charge on any atom is -0.0619 e. The Labute approximate surface area is 157 Å². The largest absolute Gasteiger partial charge is 0.0619 e. The minimum absolute atomic E-state index is 0.158. The highest BCUT2D eigenvalue weighted by Crippen LogP contribution is 2.50. The second-order valence-corrected chi connectivity index (χ2v) is 8.88. The molecule has 1 aliphatic rings. The van der Waals surface area contributed by atoms with E-state index in [1.165, 1.54) is 50.1 Å². The molecule has 1 aliphatic carbocycles. The maximum atomic E-state index is 2.46. The van der Waals surface area contributed by atoms with Crippen molar-refractivity contribution < 1.29 is 0 Å². The molecule has 0 spiro atoms. The number of hydrogen-bond donors (Lipinski definition) is 0. The third-order valence-electron chi connectivity index (χ3n) is 5.82. The molecule has 0 aliphatic heterocycles. The van der Waals surface area contributed by atoms with Gasteiger partial charge in [0.15, 0.2) is 0 Å². The number of benzene rings is 3. The zero-order chi connectivity index (χ0) is 18.6. The van der Waals surface area contributed by atoms with Gasteiger partial charge in [0.1, 0.15) is 0 Å². The molecule has 3 aromatic carbocycles. The average Bonchev–Trinajstić information content (AvgIpc) is 2.88. The summed E-state index contributed by atoms with van der Waals surface area (Å²) >= 11 is 0. The fraction of sp³-hybridized carbons (Fsp3) is 0.308. The van der Waals surface area contributed by atoms with E-state index in [1.807, 2.05) is 0 Å². The van der Waals surface area contributed by atoms with Crippen molar-refractivity contribution in [3.63, 3.8) is 0 Å². The Morgan fingerprint density at radius 2 is 1.31 bits per heavy atom. The van der Waals surface area contributed by atoms with E-state index in [0.29, 0.717) is 5.92 Å². The quantitative estimate of drug-likeness (QED) is 0.347. The number of aryl methyl sites for hydroxylation is 3. The molecule has 132 valence electrons. The van der Waals surface area contributed by atoms with E-state index in [0.717, 1.165) is 0 Å². The lowest BCUT2D eigenvalue weighted by molar-refractivity contribution is 0.589. The van der Waals surface area contributed by atoms with Gasteiger partial charge in [-0.2, -0.15) is 0 Å². The van der Waals surface area contributed by atoms with E-state index in [2.05, 4.69) is 96.1 Å². The second kappa shape index (κ2) is 5.84. The first kappa shape index (κ1) is 17.1. The summed E-state index contributed by atoms with van der Waals surface area (Å²) < 4.78 is 0. The molecule has 0 radical (unpaired) electrons. The summed E-state index contributed by atoms with van der Waals surface area (Å²) in [6.45, 7) is 13.6. The normalized spacial score (nSPS) is 15.7. The van der Waals surface area contributed by atoms with E-state index in [4.69, 9.17) is 0 Å². The Bertz CT molecular complexity index is 976. The average molecular weight is 341 g/mol. The lowest BCUT2D eigenvalue weighted by atomic mass is 9.80. The Hall–Kier alpha value is -2.34. The summed E-state index contributed by atoms with van der Waals surface area (Å²) in [5.74, 6) is 0.337. The van der Waals surface area contributed by atoms with Crippen LogP contribution in [0.5, 0.6) is 0 Å². The van der Waals surface area contributed by atoms with Crippen LogP contribution < -0.4 is 0 Å². The van der Waals surface area contributed by atoms with Crippen LogP contribution in [0.1, 0.15) is 65.6 Å². The fourth-order valence-electron chi connectivity index (χ4n) is 4.63. The molecular formula is C26H28. The van der Waals surface area contributed by atoms with E-state index < -0.39 is 0 Å². The van der Waals surface area contributed by atoms with Gasteiger partial charge in [-0.25, -0.2) is 0 Å². The highest BCUT2D eigenvalue weighted by molar-refractivity contribution is 5.81. The number of fused-ring (bicyclic) bond motifs is 3. The van der Waals surface area contributed by atoms with Gasteiger partial charge in [0.05, 0.1) is 0 Å². The van der Waals surface area contributed by atoms with Gasteiger partial charge < -0.3 is 0 Å². The van der Waals surface area contributed by atoms with Gasteiger partial charge in [0, 0.05) is 5.92 Å². The van der Waals surface area contributed by atoms with Crippen LogP contribution in [0.15, 0.2) is 54.6 Å². The molecule has 0 saturated heterocycles. The van der Waals surface area contributed by atoms with Gasteiger partial charge >= 0.3 is 0 Å². The van der Waals surface area contributed by atoms with Gasteiger partial charge in [-0.1, -0.05) is 80.9 Å². The van der Waals surface area contributed by atoms with Gasteiger partial charge in [-0.15, -0.1) is 0 Å². The summed E-state index contributed by atoms with van der Waals surface area (Å²) in [6.07, 6.45) is 0. The zero-order valence-electron chi connectivity index (χ0n) is 16.8. The first-order valence-corrected chi connectivity index (χ1v) is 9.59. The van der Waals surface area contributed by atoms with Gasteiger partial charge in [-0.05, 0) is 70.7 Å². The first-order chi connectivity index (χ1) is 12.3. The third-order valence-corrected chi connectivity index (χ3v) is 5.82. The lowest BCUT2D eigenvalue weighted by Gasteiger charge is -2.24. The van der Waals surface area contributed by atoms with E-state index in [9.17, 15) is 0 Å². The predicted molar refractivity (Wildman–Crippen MR) is 112 cm³/mol. The molecule has 0 amide bonds. The number of hydrogen-bond acceptors (Lipinski definition) is 0. The summed E-state index contributed by atoms with van der Waals surface area (Å²) in [6, 6.07) is 20.7. The Morgan fingerprint density at radius 1 is 0.692 bits per heavy atom. The van der Waals surface area contributed by atoms with Crippen molar-refractivity contribution in [2.75, 3.05) is 0 Å². The summed E-state index contributed by atoms with van der Waals surface area (Å²) in [5, 5.41) is 0. The Kier molecular flexibility index (Phi) is 3.84. The van der Waals surface area contributed by atoms with E-state index >= 15 is 0 Å². The summed E-state index contributed by atoms with van der Waals surface area (Å²) in [5.41, 5.74) is 12.9. The molecule has 0 saturated carbocycles. The van der Waals surface area contributed by atoms with Crippen molar-refractivity contribution >= 4 is 0 Å². The molecular weight excluding hydrogens is 312 g/mol. The fourth-order valence-corrected chi connectivity index (χ4v) is 4.63. The highest BCUT2D eigenvalue weighted by Gasteiger charge is 2.32. The predicted octanol–water partition coefficient (Wildman–Crippen LogP) is 7.07. The van der Waals surface area contributed by atoms with Gasteiger partial charge in [-0.3, -0.25) is 0 Å². The maximum Gasteiger partial charge on any atom is 0.0357 e. The standard InChI is InChI=1S/C26H28/c1-16-13-17(2)24(18(3)14-16)25-22-10-8-7-9-20(22)21-12-11-19(15-23(21)25)26(4,5)6/h7-15,25H,1-6H3. The topological polar surface area (TPSA) is 0 Å². The van der Waals surface area contributed by atoms with Crippen molar-refractivity contribution in [3.8, 4) is 11.1 Å². The first-order valence-electron chi connectivity index (χ1n) is 9.59. The zero-order valence-corrected chi connectivity index (χ0v) is 16.8. The molecule has 3 aromatic rings.